The molecule has 3 rings (SSSR count). The van der Waals surface area contributed by atoms with Crippen LogP contribution in [0.4, 0.5) is 0 Å². The average molecular weight is 377 g/mol. The molecule has 122 valence electrons. The van der Waals surface area contributed by atoms with Gasteiger partial charge in [0.25, 0.3) is 0 Å². The topological polar surface area (TPSA) is 43.1 Å². The van der Waals surface area contributed by atoms with E-state index < -0.39 is 0 Å². The van der Waals surface area contributed by atoms with Crippen molar-refractivity contribution in [1.82, 2.24) is 14.9 Å². The predicted octanol–water partition coefficient (Wildman–Crippen LogP) is 5.07. The van der Waals surface area contributed by atoms with Crippen LogP contribution in [0.1, 0.15) is 16.7 Å². The van der Waals surface area contributed by atoms with Gasteiger partial charge in [-0.05, 0) is 24.6 Å². The van der Waals surface area contributed by atoms with E-state index in [9.17, 15) is 0 Å². The first kappa shape index (κ1) is 17.0. The van der Waals surface area contributed by atoms with E-state index in [2.05, 4.69) is 46.5 Å². The van der Waals surface area contributed by atoms with Crippen LogP contribution in [-0.2, 0) is 5.75 Å². The highest BCUT2D eigenvalue weighted by Crippen LogP contribution is 2.23. The molecule has 24 heavy (non-hydrogen) atoms. The summed E-state index contributed by atoms with van der Waals surface area (Å²) in [5.74, 6) is 0.793. The van der Waals surface area contributed by atoms with Gasteiger partial charge in [0.2, 0.25) is 5.16 Å². The molecule has 0 radical (unpaired) electrons. The molecular weight excluding hydrogens is 363 g/mol. The molecule has 0 unspecified atom stereocenters. The molecule has 1 aromatic heterocycles. The Balaban J connectivity index is 1.73. The van der Waals surface area contributed by atoms with E-state index in [-0.39, 0.29) is 0 Å². The van der Waals surface area contributed by atoms with Gasteiger partial charge in [0, 0.05) is 11.3 Å². The molecule has 2 aromatic carbocycles. The van der Waals surface area contributed by atoms with Crippen LogP contribution < -0.4 is 0 Å². The van der Waals surface area contributed by atoms with Crippen molar-refractivity contribution < 1.29 is 0 Å². The first-order valence-corrected chi connectivity index (χ1v) is 8.94. The Labute approximate surface area is 154 Å². The number of hydrogen-bond acceptors (Lipinski definition) is 4. The maximum absolute atomic E-state index is 6.14. The highest BCUT2D eigenvalue weighted by Gasteiger charge is 2.06. The molecule has 7 heteroatoms. The fourth-order valence-corrected chi connectivity index (χ4v) is 3.29. The minimum absolute atomic E-state index is 0.549. The summed E-state index contributed by atoms with van der Waals surface area (Å²) in [7, 11) is 0. The van der Waals surface area contributed by atoms with Gasteiger partial charge in [-0.25, -0.2) is 0 Å². The zero-order valence-corrected chi connectivity index (χ0v) is 15.2. The van der Waals surface area contributed by atoms with Crippen LogP contribution in [0.3, 0.4) is 0 Å². The number of rotatable bonds is 5. The lowest BCUT2D eigenvalue weighted by Crippen LogP contribution is -1.94. The van der Waals surface area contributed by atoms with Crippen molar-refractivity contribution >= 4 is 41.2 Å². The molecular formula is C17H14Cl2N4S. The second kappa shape index (κ2) is 7.83. The molecule has 1 heterocycles. The predicted molar refractivity (Wildman–Crippen MR) is 100 cm³/mol. The Morgan fingerprint density at radius 3 is 2.54 bits per heavy atom. The van der Waals surface area contributed by atoms with Crippen molar-refractivity contribution in [2.45, 2.75) is 17.8 Å². The maximum Gasteiger partial charge on any atom is 0.212 e. The fourth-order valence-electron chi connectivity index (χ4n) is 1.98. The Hall–Kier alpha value is -1.82. The van der Waals surface area contributed by atoms with Gasteiger partial charge in [0.15, 0.2) is 0 Å². The first-order valence-electron chi connectivity index (χ1n) is 7.20. The van der Waals surface area contributed by atoms with E-state index in [1.165, 1.54) is 11.1 Å². The van der Waals surface area contributed by atoms with Crippen molar-refractivity contribution in [3.05, 3.63) is 75.5 Å². The second-order valence-corrected chi connectivity index (χ2v) is 6.87. The minimum atomic E-state index is 0.549. The SMILES string of the molecule is Cc1ccc(CSc2nncn2/N=C\c2c(Cl)cccc2Cl)cc1. The van der Waals surface area contributed by atoms with Crippen molar-refractivity contribution in [2.24, 2.45) is 5.10 Å². The summed E-state index contributed by atoms with van der Waals surface area (Å²) in [6.07, 6.45) is 3.17. The van der Waals surface area contributed by atoms with Crippen LogP contribution >= 0.6 is 35.0 Å². The van der Waals surface area contributed by atoms with Crippen LogP contribution in [0.5, 0.6) is 0 Å². The molecule has 3 aromatic rings. The van der Waals surface area contributed by atoms with Gasteiger partial charge in [0.05, 0.1) is 16.3 Å². The summed E-state index contributed by atoms with van der Waals surface area (Å²) in [4.78, 5) is 0. The van der Waals surface area contributed by atoms with Crippen LogP contribution in [-0.4, -0.2) is 21.1 Å². The van der Waals surface area contributed by atoms with E-state index in [0.717, 1.165) is 5.75 Å². The zero-order valence-electron chi connectivity index (χ0n) is 12.9. The monoisotopic (exact) mass is 376 g/mol. The third kappa shape index (κ3) is 4.17. The molecule has 0 aliphatic rings. The van der Waals surface area contributed by atoms with Crippen molar-refractivity contribution in [2.75, 3.05) is 0 Å². The molecule has 0 saturated carbocycles. The van der Waals surface area contributed by atoms with Crippen LogP contribution in [0.25, 0.3) is 0 Å². The largest absolute Gasteiger partial charge is 0.212 e. The van der Waals surface area contributed by atoms with E-state index in [1.54, 1.807) is 47.2 Å². The molecule has 0 aliphatic heterocycles. The van der Waals surface area contributed by atoms with Crippen molar-refractivity contribution in [3.8, 4) is 0 Å². The summed E-state index contributed by atoms with van der Waals surface area (Å²) in [6.45, 7) is 2.07. The maximum atomic E-state index is 6.14. The zero-order chi connectivity index (χ0) is 16.9. The normalized spacial score (nSPS) is 11.3. The Morgan fingerprint density at radius 1 is 1.12 bits per heavy atom. The summed E-state index contributed by atoms with van der Waals surface area (Å²) in [5, 5.41) is 14.2. The number of aromatic nitrogens is 3. The van der Waals surface area contributed by atoms with Gasteiger partial charge >= 0.3 is 0 Å². The lowest BCUT2D eigenvalue weighted by atomic mass is 10.2. The van der Waals surface area contributed by atoms with E-state index in [1.807, 2.05) is 0 Å². The second-order valence-electron chi connectivity index (χ2n) is 5.11. The van der Waals surface area contributed by atoms with Gasteiger partial charge in [-0.15, -0.1) is 10.2 Å². The van der Waals surface area contributed by atoms with Crippen LogP contribution in [0.2, 0.25) is 10.0 Å². The first-order chi connectivity index (χ1) is 11.6. The molecule has 0 atom stereocenters. The molecule has 0 saturated heterocycles. The van der Waals surface area contributed by atoms with Gasteiger partial charge in [-0.2, -0.15) is 9.78 Å². The number of thioether (sulfide) groups is 1. The van der Waals surface area contributed by atoms with Crippen LogP contribution in [0, 0.1) is 6.92 Å². The van der Waals surface area contributed by atoms with Gasteiger partial charge in [0.1, 0.15) is 6.33 Å². The Bertz CT molecular complexity index is 839. The number of benzene rings is 2. The van der Waals surface area contributed by atoms with Crippen molar-refractivity contribution in [1.29, 1.82) is 0 Å². The molecule has 0 N–H and O–H groups in total. The van der Waals surface area contributed by atoms with Gasteiger partial charge in [-0.1, -0.05) is 70.9 Å². The molecule has 0 aliphatic carbocycles. The third-order valence-electron chi connectivity index (χ3n) is 3.30. The Kier molecular flexibility index (Phi) is 5.56. The standard InChI is InChI=1S/C17H14Cl2N4S/c1-12-5-7-13(8-6-12)10-24-17-22-20-11-23(17)21-9-14-15(18)3-2-4-16(14)19/h2-9,11H,10H2,1H3/b21-9-. The lowest BCUT2D eigenvalue weighted by molar-refractivity contribution is 0.767. The quantitative estimate of drug-likeness (QED) is 0.461. The van der Waals surface area contributed by atoms with E-state index in [4.69, 9.17) is 23.2 Å². The average Bonchev–Trinajstić information content (AvgIpc) is 3.01. The van der Waals surface area contributed by atoms with Gasteiger partial charge < -0.3 is 0 Å². The molecule has 0 amide bonds. The van der Waals surface area contributed by atoms with Crippen LogP contribution in [0.15, 0.2) is 59.0 Å². The van der Waals surface area contributed by atoms with E-state index in [0.29, 0.717) is 20.8 Å². The molecule has 0 fully saturated rings. The van der Waals surface area contributed by atoms with Crippen molar-refractivity contribution in [3.63, 3.8) is 0 Å². The number of nitrogens with zero attached hydrogens (tertiary/aromatic N) is 4. The van der Waals surface area contributed by atoms with E-state index >= 15 is 0 Å². The highest BCUT2D eigenvalue weighted by atomic mass is 35.5. The number of hydrogen-bond donors (Lipinski definition) is 0. The molecule has 0 bridgehead atoms. The summed E-state index contributed by atoms with van der Waals surface area (Å²) in [5.41, 5.74) is 3.13. The highest BCUT2D eigenvalue weighted by molar-refractivity contribution is 7.98. The third-order valence-corrected chi connectivity index (χ3v) is 4.96. The Morgan fingerprint density at radius 2 is 1.83 bits per heavy atom. The number of aryl methyl sites for hydroxylation is 1. The number of halogens is 2. The summed E-state index contributed by atoms with van der Waals surface area (Å²) in [6, 6.07) is 13.7. The molecule has 4 nitrogen and oxygen atoms in total. The smallest absolute Gasteiger partial charge is 0.195 e. The fraction of sp³-hybridized carbons (Fsp3) is 0.118. The lowest BCUT2D eigenvalue weighted by Gasteiger charge is -2.03. The summed E-state index contributed by atoms with van der Waals surface area (Å²) < 4.78 is 1.61. The summed E-state index contributed by atoms with van der Waals surface area (Å²) >= 11 is 13.8. The minimum Gasteiger partial charge on any atom is -0.195 e. The van der Waals surface area contributed by atoms with Gasteiger partial charge in [-0.3, -0.25) is 0 Å². The molecule has 0 spiro atoms.